The summed E-state index contributed by atoms with van der Waals surface area (Å²) < 4.78 is 29.0. The topological polar surface area (TPSA) is 0 Å². The van der Waals surface area contributed by atoms with Crippen LogP contribution in [-0.4, -0.2) is 7.54 Å². The maximum Gasteiger partial charge on any atom is 0.762 e. The second-order valence-electron chi connectivity index (χ2n) is 3.33. The van der Waals surface area contributed by atoms with Crippen LogP contribution in [0.15, 0.2) is 30.3 Å². The van der Waals surface area contributed by atoms with Crippen LogP contribution in [-0.2, 0) is 6.42 Å². The Morgan fingerprint density at radius 1 is 1.07 bits per heavy atom. The van der Waals surface area contributed by atoms with Crippen LogP contribution in [0, 0.1) is 5.92 Å². The predicted octanol–water partition coefficient (Wildman–Crippen LogP) is 3.76. The monoisotopic (exact) mass is 202 g/mol. The maximum atomic E-state index is 9.67. The van der Waals surface area contributed by atoms with Crippen LogP contribution in [0.1, 0.15) is 19.4 Å². The van der Waals surface area contributed by atoms with Gasteiger partial charge >= 0.3 is 7.54 Å². The van der Waals surface area contributed by atoms with E-state index in [4.69, 9.17) is 0 Å². The number of halogens is 3. The van der Waals surface area contributed by atoms with Gasteiger partial charge in [0, 0.05) is 0 Å². The van der Waals surface area contributed by atoms with Crippen molar-refractivity contribution in [3.63, 3.8) is 0 Å². The van der Waals surface area contributed by atoms with Crippen molar-refractivity contribution < 1.29 is 12.9 Å². The molecule has 1 rings (SSSR count). The molecule has 0 aliphatic heterocycles. The van der Waals surface area contributed by atoms with Gasteiger partial charge in [-0.05, 0) is 17.9 Å². The molecule has 0 spiro atoms. The summed E-state index contributed by atoms with van der Waals surface area (Å²) in [6.45, 7) is 4.49. The molecule has 0 N–H and O–H groups in total. The molecule has 0 fully saturated rings. The van der Waals surface area contributed by atoms with E-state index in [1.807, 2.05) is 0 Å². The number of benzene rings is 1. The highest BCUT2D eigenvalue weighted by Gasteiger charge is 2.06. The highest BCUT2D eigenvalue weighted by atomic mass is 19.4. The van der Waals surface area contributed by atoms with Gasteiger partial charge in [0.05, 0.1) is 0 Å². The SMILES string of the molecule is CC(C)Cc1ccccc1.FB(F)F. The van der Waals surface area contributed by atoms with Gasteiger partial charge in [-0.2, -0.15) is 0 Å². The van der Waals surface area contributed by atoms with Gasteiger partial charge in [0.1, 0.15) is 0 Å². The molecule has 0 heterocycles. The average Bonchev–Trinajstić information content (AvgIpc) is 2.03. The summed E-state index contributed by atoms with van der Waals surface area (Å²) in [4.78, 5) is 0. The zero-order valence-electron chi connectivity index (χ0n) is 8.38. The van der Waals surface area contributed by atoms with Gasteiger partial charge in [-0.15, -0.1) is 0 Å². The molecular weight excluding hydrogens is 188 g/mol. The zero-order valence-corrected chi connectivity index (χ0v) is 8.38. The van der Waals surface area contributed by atoms with Crippen molar-refractivity contribution in [2.45, 2.75) is 20.3 Å². The van der Waals surface area contributed by atoms with Crippen molar-refractivity contribution >= 4 is 7.54 Å². The minimum atomic E-state index is -3.67. The lowest BCUT2D eigenvalue weighted by Crippen LogP contribution is -1.92. The first-order chi connectivity index (χ1) is 6.52. The van der Waals surface area contributed by atoms with E-state index in [1.54, 1.807) is 0 Å². The fourth-order valence-electron chi connectivity index (χ4n) is 1.09. The summed E-state index contributed by atoms with van der Waals surface area (Å²) in [6.07, 6.45) is 1.20. The maximum absolute atomic E-state index is 9.67. The molecule has 78 valence electrons. The molecule has 0 aliphatic carbocycles. The van der Waals surface area contributed by atoms with Crippen LogP contribution in [0.2, 0.25) is 0 Å². The van der Waals surface area contributed by atoms with Crippen molar-refractivity contribution in [1.82, 2.24) is 0 Å². The Labute approximate surface area is 83.4 Å². The van der Waals surface area contributed by atoms with Crippen molar-refractivity contribution in [2.24, 2.45) is 5.92 Å². The van der Waals surface area contributed by atoms with Crippen LogP contribution in [0.4, 0.5) is 12.9 Å². The molecule has 0 atom stereocenters. The zero-order chi connectivity index (χ0) is 11.0. The fraction of sp³-hybridized carbons (Fsp3) is 0.400. The first-order valence-electron chi connectivity index (χ1n) is 4.48. The average molecular weight is 202 g/mol. The third-order valence-corrected chi connectivity index (χ3v) is 1.49. The van der Waals surface area contributed by atoms with E-state index in [1.165, 1.54) is 12.0 Å². The summed E-state index contributed by atoms with van der Waals surface area (Å²) in [5, 5.41) is 0. The van der Waals surface area contributed by atoms with Crippen LogP contribution >= 0.6 is 0 Å². The first-order valence-corrected chi connectivity index (χ1v) is 4.48. The lowest BCUT2D eigenvalue weighted by molar-refractivity contribution is 0.535. The molecule has 1 aromatic carbocycles. The molecular formula is C10H14BF3. The molecule has 0 nitrogen and oxygen atoms in total. The second kappa shape index (κ2) is 7.48. The summed E-state index contributed by atoms with van der Waals surface area (Å²) in [7, 11) is -3.67. The van der Waals surface area contributed by atoms with Crippen LogP contribution < -0.4 is 0 Å². The molecule has 1 aromatic rings. The van der Waals surface area contributed by atoms with Crippen molar-refractivity contribution in [2.75, 3.05) is 0 Å². The third-order valence-electron chi connectivity index (χ3n) is 1.49. The van der Waals surface area contributed by atoms with Crippen molar-refractivity contribution in [3.05, 3.63) is 35.9 Å². The third kappa shape index (κ3) is 9.17. The van der Waals surface area contributed by atoms with Gasteiger partial charge in [-0.25, -0.2) is 0 Å². The molecule has 0 bridgehead atoms. The second-order valence-corrected chi connectivity index (χ2v) is 3.33. The van der Waals surface area contributed by atoms with Crippen molar-refractivity contribution in [3.8, 4) is 0 Å². The smallest absolute Gasteiger partial charge is 0.254 e. The highest BCUT2D eigenvalue weighted by Crippen LogP contribution is 2.05. The van der Waals surface area contributed by atoms with Gasteiger partial charge in [0.2, 0.25) is 0 Å². The predicted molar refractivity (Wildman–Crippen MR) is 54.1 cm³/mol. The molecule has 4 heteroatoms. The minimum Gasteiger partial charge on any atom is -0.254 e. The van der Waals surface area contributed by atoms with E-state index in [9.17, 15) is 12.9 Å². The molecule has 0 saturated heterocycles. The van der Waals surface area contributed by atoms with Gasteiger partial charge < -0.3 is 0 Å². The van der Waals surface area contributed by atoms with Gasteiger partial charge in [0.15, 0.2) is 0 Å². The Kier molecular flexibility index (Phi) is 6.98. The van der Waals surface area contributed by atoms with E-state index in [0.717, 1.165) is 5.92 Å². The Morgan fingerprint density at radius 2 is 1.50 bits per heavy atom. The molecule has 0 saturated carbocycles. The lowest BCUT2D eigenvalue weighted by atomic mass is 10.0. The number of hydrogen-bond acceptors (Lipinski definition) is 0. The van der Waals surface area contributed by atoms with Gasteiger partial charge in [0.25, 0.3) is 0 Å². The Hall–Kier alpha value is -0.925. The van der Waals surface area contributed by atoms with Crippen molar-refractivity contribution in [1.29, 1.82) is 0 Å². The van der Waals surface area contributed by atoms with Crippen LogP contribution in [0.25, 0.3) is 0 Å². The van der Waals surface area contributed by atoms with E-state index in [2.05, 4.69) is 44.2 Å². The normalized spacial score (nSPS) is 9.29. The highest BCUT2D eigenvalue weighted by molar-refractivity contribution is 6.33. The fourth-order valence-corrected chi connectivity index (χ4v) is 1.09. The Balaban J connectivity index is 0.000000364. The molecule has 0 aliphatic rings. The summed E-state index contributed by atoms with van der Waals surface area (Å²) in [5.74, 6) is 0.766. The number of hydrogen-bond donors (Lipinski definition) is 0. The Bertz CT molecular complexity index is 221. The van der Waals surface area contributed by atoms with Gasteiger partial charge in [-0.1, -0.05) is 44.2 Å². The van der Waals surface area contributed by atoms with E-state index in [-0.39, 0.29) is 0 Å². The quantitative estimate of drug-likeness (QED) is 0.640. The lowest BCUT2D eigenvalue weighted by Gasteiger charge is -2.02. The molecule has 0 radical (unpaired) electrons. The molecule has 0 aromatic heterocycles. The largest absolute Gasteiger partial charge is 0.762 e. The summed E-state index contributed by atoms with van der Waals surface area (Å²) in [5.41, 5.74) is 1.44. The van der Waals surface area contributed by atoms with E-state index in [0.29, 0.717) is 0 Å². The first kappa shape index (κ1) is 13.1. The Morgan fingerprint density at radius 3 is 1.86 bits per heavy atom. The van der Waals surface area contributed by atoms with Crippen LogP contribution in [0.3, 0.4) is 0 Å². The number of rotatable bonds is 2. The summed E-state index contributed by atoms with van der Waals surface area (Å²) in [6, 6.07) is 10.6. The standard InChI is InChI=1S/C10H14.BF3/c1-9(2)8-10-6-4-3-5-7-10;2-1(3)4/h3-7,9H,8H2,1-2H3;. The van der Waals surface area contributed by atoms with Crippen LogP contribution in [0.5, 0.6) is 0 Å². The molecule has 14 heavy (non-hydrogen) atoms. The summed E-state index contributed by atoms with van der Waals surface area (Å²) >= 11 is 0. The minimum absolute atomic E-state index is 0.766. The van der Waals surface area contributed by atoms with E-state index >= 15 is 0 Å². The molecule has 0 unspecified atom stereocenters. The molecule has 0 amide bonds. The van der Waals surface area contributed by atoms with Gasteiger partial charge in [-0.3, -0.25) is 12.9 Å². The van der Waals surface area contributed by atoms with E-state index < -0.39 is 7.54 Å².